The molecule has 1 fully saturated rings. The van der Waals surface area contributed by atoms with E-state index in [1.165, 1.54) is 12.0 Å². The summed E-state index contributed by atoms with van der Waals surface area (Å²) >= 11 is 0. The monoisotopic (exact) mass is 304 g/mol. The topological polar surface area (TPSA) is 96.4 Å². The third kappa shape index (κ3) is 2.70. The highest BCUT2D eigenvalue weighted by atomic mass is 32.3. The smallest absolute Gasteiger partial charge is 0.382 e. The van der Waals surface area contributed by atoms with Crippen LogP contribution in [0.3, 0.4) is 0 Å². The molecule has 2 heterocycles. The Kier molecular flexibility index (Phi) is 3.87. The molecule has 1 N–H and O–H groups in total. The van der Waals surface area contributed by atoms with E-state index < -0.39 is 22.5 Å². The molecular formula is C11H16N2O6S. The highest BCUT2D eigenvalue weighted by Gasteiger charge is 2.48. The second kappa shape index (κ2) is 5.17. The molecule has 2 atom stereocenters. The molecule has 9 heteroatoms. The maximum Gasteiger partial charge on any atom is 0.418 e. The Hall–Kier alpha value is -1.42. The van der Waals surface area contributed by atoms with Crippen LogP contribution in [0.5, 0.6) is 0 Å². The van der Waals surface area contributed by atoms with Crippen LogP contribution in [-0.4, -0.2) is 61.3 Å². The Labute approximate surface area is 117 Å². The first-order valence-electron chi connectivity index (χ1n) is 5.88. The normalized spacial score (nSPS) is 25.9. The lowest BCUT2D eigenvalue weighted by Gasteiger charge is -2.29. The van der Waals surface area contributed by atoms with Crippen LogP contribution < -0.4 is 0 Å². The zero-order chi connectivity index (χ0) is 15.1. The Morgan fingerprint density at radius 1 is 1.60 bits per heavy atom. The number of nitrogens with zero attached hydrogens (tertiary/aromatic N) is 2. The minimum absolute atomic E-state index is 0.251. The second-order valence-electron chi connectivity index (χ2n) is 4.70. The van der Waals surface area contributed by atoms with Gasteiger partial charge in [0.1, 0.15) is 6.04 Å². The van der Waals surface area contributed by atoms with Crippen molar-refractivity contribution in [2.45, 2.75) is 19.0 Å². The van der Waals surface area contributed by atoms with Gasteiger partial charge in [-0.2, -0.15) is 13.5 Å². The molecule has 0 saturated carbocycles. The van der Waals surface area contributed by atoms with Crippen LogP contribution in [0.25, 0.3) is 0 Å². The molecule has 0 aliphatic carbocycles. The summed E-state index contributed by atoms with van der Waals surface area (Å²) in [6.45, 7) is 6.09. The van der Waals surface area contributed by atoms with Gasteiger partial charge in [-0.15, -0.1) is 4.28 Å². The van der Waals surface area contributed by atoms with Crippen LogP contribution >= 0.6 is 0 Å². The van der Waals surface area contributed by atoms with Crippen molar-refractivity contribution in [1.29, 1.82) is 0 Å². The van der Waals surface area contributed by atoms with Crippen molar-refractivity contribution in [2.75, 3.05) is 20.3 Å². The zero-order valence-corrected chi connectivity index (χ0v) is 12.0. The summed E-state index contributed by atoms with van der Waals surface area (Å²) in [5.41, 5.74) is 1.38. The van der Waals surface area contributed by atoms with Gasteiger partial charge in [-0.25, -0.2) is 4.79 Å². The fourth-order valence-electron chi connectivity index (χ4n) is 2.43. The Balaban J connectivity index is 2.36. The lowest BCUT2D eigenvalue weighted by Crippen LogP contribution is -2.41. The van der Waals surface area contributed by atoms with E-state index in [0.717, 1.165) is 0 Å². The predicted octanol–water partition coefficient (Wildman–Crippen LogP) is 0.358. The molecule has 2 amide bonds. The van der Waals surface area contributed by atoms with Crippen molar-refractivity contribution >= 4 is 16.4 Å². The molecule has 2 aliphatic rings. The number of rotatable bonds is 5. The molecular weight excluding hydrogens is 288 g/mol. The SMILES string of the molecule is C=C(C)C1=C[C@@H](COC)N2C[C@H]1N(OS(=O)(=O)O)C2=O. The lowest BCUT2D eigenvalue weighted by atomic mass is 9.95. The summed E-state index contributed by atoms with van der Waals surface area (Å²) in [4.78, 5) is 13.6. The summed E-state index contributed by atoms with van der Waals surface area (Å²) in [7, 11) is -3.26. The number of ether oxygens (including phenoxy) is 1. The number of carbonyl (C=O) groups excluding carboxylic acids is 1. The summed E-state index contributed by atoms with van der Waals surface area (Å²) in [6, 6.07) is -1.58. The highest BCUT2D eigenvalue weighted by molar-refractivity contribution is 7.80. The average Bonchev–Trinajstić information content (AvgIpc) is 2.57. The number of methoxy groups -OCH3 is 1. The number of hydroxylamine groups is 2. The quantitative estimate of drug-likeness (QED) is 0.737. The van der Waals surface area contributed by atoms with Crippen molar-refractivity contribution in [2.24, 2.45) is 0 Å². The third-order valence-electron chi connectivity index (χ3n) is 3.22. The van der Waals surface area contributed by atoms with Crippen molar-refractivity contribution in [1.82, 2.24) is 9.96 Å². The molecule has 0 aromatic rings. The van der Waals surface area contributed by atoms with Gasteiger partial charge in [-0.05, 0) is 12.5 Å². The Morgan fingerprint density at radius 2 is 2.25 bits per heavy atom. The van der Waals surface area contributed by atoms with E-state index in [0.29, 0.717) is 16.2 Å². The molecule has 2 aliphatic heterocycles. The number of urea groups is 1. The van der Waals surface area contributed by atoms with Crippen molar-refractivity contribution in [3.05, 3.63) is 23.8 Å². The molecule has 20 heavy (non-hydrogen) atoms. The third-order valence-corrected chi connectivity index (χ3v) is 3.57. The molecule has 0 unspecified atom stereocenters. The number of carbonyl (C=O) groups is 1. The second-order valence-corrected chi connectivity index (χ2v) is 5.71. The molecule has 2 bridgehead atoms. The molecule has 1 saturated heterocycles. The fourth-order valence-corrected chi connectivity index (χ4v) is 2.80. The van der Waals surface area contributed by atoms with Crippen LogP contribution in [0.4, 0.5) is 4.79 Å². The molecule has 0 spiro atoms. The van der Waals surface area contributed by atoms with Crippen molar-refractivity contribution in [3.8, 4) is 0 Å². The number of fused-ring (bicyclic) bond motifs is 2. The van der Waals surface area contributed by atoms with Crippen molar-refractivity contribution in [3.63, 3.8) is 0 Å². The molecule has 0 radical (unpaired) electrons. The van der Waals surface area contributed by atoms with Gasteiger partial charge in [-0.3, -0.25) is 4.55 Å². The van der Waals surface area contributed by atoms with E-state index >= 15 is 0 Å². The standard InChI is InChI=1S/C11H16N2O6S/c1-7(2)9-4-8(6-18-3)12-5-10(9)13(11(12)14)19-20(15,16)17/h4,8,10H,1,5-6H2,2-3H3,(H,15,16,17)/t8-,10+/m0/s1. The Morgan fingerprint density at radius 3 is 2.75 bits per heavy atom. The minimum atomic E-state index is -4.77. The highest BCUT2D eigenvalue weighted by Crippen LogP contribution is 2.33. The Bertz CT molecular complexity index is 569. The van der Waals surface area contributed by atoms with Gasteiger partial charge in [0, 0.05) is 7.11 Å². The zero-order valence-electron chi connectivity index (χ0n) is 11.1. The molecule has 8 nitrogen and oxygen atoms in total. The first kappa shape index (κ1) is 15.0. The van der Waals surface area contributed by atoms with Gasteiger partial charge >= 0.3 is 16.4 Å². The molecule has 0 aromatic carbocycles. The predicted molar refractivity (Wildman–Crippen MR) is 68.9 cm³/mol. The van der Waals surface area contributed by atoms with E-state index in [4.69, 9.17) is 9.29 Å². The van der Waals surface area contributed by atoms with Gasteiger partial charge < -0.3 is 9.64 Å². The summed E-state index contributed by atoms with van der Waals surface area (Å²) < 4.78 is 39.9. The van der Waals surface area contributed by atoms with Crippen LogP contribution in [-0.2, 0) is 19.4 Å². The van der Waals surface area contributed by atoms with E-state index in [-0.39, 0.29) is 19.2 Å². The first-order valence-corrected chi connectivity index (χ1v) is 7.24. The average molecular weight is 304 g/mol. The van der Waals surface area contributed by atoms with Crippen molar-refractivity contribution < 1.29 is 26.8 Å². The number of hydrogen-bond acceptors (Lipinski definition) is 5. The number of amides is 2. The van der Waals surface area contributed by atoms with Crippen LogP contribution in [0.1, 0.15) is 6.92 Å². The van der Waals surface area contributed by atoms with Crippen LogP contribution in [0.15, 0.2) is 23.8 Å². The van der Waals surface area contributed by atoms with E-state index in [9.17, 15) is 13.2 Å². The molecule has 2 rings (SSSR count). The van der Waals surface area contributed by atoms with Crippen LogP contribution in [0.2, 0.25) is 0 Å². The van der Waals surface area contributed by atoms with E-state index in [1.807, 2.05) is 0 Å². The van der Waals surface area contributed by atoms with Gasteiger partial charge in [0.25, 0.3) is 0 Å². The molecule has 0 aromatic heterocycles. The maximum absolute atomic E-state index is 12.2. The van der Waals surface area contributed by atoms with Gasteiger partial charge in [0.2, 0.25) is 0 Å². The van der Waals surface area contributed by atoms with Gasteiger partial charge in [0.15, 0.2) is 0 Å². The summed E-state index contributed by atoms with van der Waals surface area (Å²) in [5.74, 6) is 0. The first-order chi connectivity index (χ1) is 9.24. The molecule has 112 valence electrons. The summed E-state index contributed by atoms with van der Waals surface area (Å²) in [5, 5.41) is 0.658. The van der Waals surface area contributed by atoms with Gasteiger partial charge in [0.05, 0.1) is 19.2 Å². The van der Waals surface area contributed by atoms with E-state index in [2.05, 4.69) is 10.9 Å². The maximum atomic E-state index is 12.2. The van der Waals surface area contributed by atoms with E-state index in [1.54, 1.807) is 13.0 Å². The van der Waals surface area contributed by atoms with Crippen LogP contribution in [0, 0.1) is 0 Å². The minimum Gasteiger partial charge on any atom is -0.382 e. The number of hydrogen-bond donors (Lipinski definition) is 1. The van der Waals surface area contributed by atoms with Gasteiger partial charge in [-0.1, -0.05) is 18.2 Å². The lowest BCUT2D eigenvalue weighted by molar-refractivity contribution is -0.0209. The fraction of sp³-hybridized carbons (Fsp3) is 0.545. The largest absolute Gasteiger partial charge is 0.418 e. The summed E-state index contributed by atoms with van der Waals surface area (Å²) in [6.07, 6.45) is 1.80.